The van der Waals surface area contributed by atoms with Crippen molar-refractivity contribution in [2.24, 2.45) is 0 Å². The van der Waals surface area contributed by atoms with Gasteiger partial charge in [-0.3, -0.25) is 9.52 Å². The molecule has 0 radical (unpaired) electrons. The van der Waals surface area contributed by atoms with Crippen molar-refractivity contribution in [3.05, 3.63) is 83.9 Å². The van der Waals surface area contributed by atoms with E-state index < -0.39 is 16.1 Å². The Balaban J connectivity index is 1.61. The lowest BCUT2D eigenvalue weighted by Gasteiger charge is -2.20. The Kier molecular flexibility index (Phi) is 7.12. The van der Waals surface area contributed by atoms with Gasteiger partial charge in [-0.05, 0) is 78.9 Å². The summed E-state index contributed by atoms with van der Waals surface area (Å²) >= 11 is 0. The largest absolute Gasteiger partial charge is 0.481 e. The Bertz CT molecular complexity index is 1210. The number of aryl methyl sites for hydroxylation is 1. The Hall–Kier alpha value is -3.32. The van der Waals surface area contributed by atoms with E-state index in [1.54, 1.807) is 37.3 Å². The number of rotatable bonds is 7. The third kappa shape index (κ3) is 6.58. The fourth-order valence-corrected chi connectivity index (χ4v) is 4.22. The van der Waals surface area contributed by atoms with E-state index in [4.69, 9.17) is 4.74 Å². The highest BCUT2D eigenvalue weighted by atomic mass is 32.2. The SMILES string of the molecule is Cc1cccc(NS(=O)(=O)c2ccc(NC(=O)[C@@H](C)Oc3ccc(C(C)(C)C)cc3)cc2)c1. The zero-order valence-electron chi connectivity index (χ0n) is 19.5. The molecule has 3 rings (SSSR count). The first-order chi connectivity index (χ1) is 15.4. The molecule has 174 valence electrons. The summed E-state index contributed by atoms with van der Waals surface area (Å²) in [7, 11) is -3.73. The van der Waals surface area contributed by atoms with Crippen molar-refractivity contribution < 1.29 is 17.9 Å². The van der Waals surface area contributed by atoms with E-state index in [-0.39, 0.29) is 16.2 Å². The molecule has 2 N–H and O–H groups in total. The molecule has 6 nitrogen and oxygen atoms in total. The van der Waals surface area contributed by atoms with Crippen LogP contribution < -0.4 is 14.8 Å². The van der Waals surface area contributed by atoms with Gasteiger partial charge in [0.2, 0.25) is 0 Å². The average Bonchev–Trinajstić information content (AvgIpc) is 2.73. The maximum Gasteiger partial charge on any atom is 0.265 e. The van der Waals surface area contributed by atoms with Gasteiger partial charge in [0.15, 0.2) is 6.10 Å². The van der Waals surface area contributed by atoms with Gasteiger partial charge in [-0.15, -0.1) is 0 Å². The lowest BCUT2D eigenvalue weighted by atomic mass is 9.87. The van der Waals surface area contributed by atoms with E-state index in [0.29, 0.717) is 17.1 Å². The number of benzene rings is 3. The smallest absolute Gasteiger partial charge is 0.265 e. The third-order valence-electron chi connectivity index (χ3n) is 5.10. The summed E-state index contributed by atoms with van der Waals surface area (Å²) in [5.74, 6) is 0.276. The topological polar surface area (TPSA) is 84.5 Å². The van der Waals surface area contributed by atoms with Gasteiger partial charge in [0.25, 0.3) is 15.9 Å². The van der Waals surface area contributed by atoms with Gasteiger partial charge >= 0.3 is 0 Å². The van der Waals surface area contributed by atoms with E-state index in [2.05, 4.69) is 30.8 Å². The summed E-state index contributed by atoms with van der Waals surface area (Å²) < 4.78 is 33.6. The molecule has 0 spiro atoms. The van der Waals surface area contributed by atoms with Crippen molar-refractivity contribution in [2.75, 3.05) is 10.0 Å². The number of amides is 1. The van der Waals surface area contributed by atoms with Crippen LogP contribution in [0.5, 0.6) is 5.75 Å². The van der Waals surface area contributed by atoms with Gasteiger partial charge in [-0.25, -0.2) is 8.42 Å². The summed E-state index contributed by atoms with van der Waals surface area (Å²) in [5.41, 5.74) is 3.15. The average molecular weight is 467 g/mol. The second-order valence-corrected chi connectivity index (χ2v) is 10.7. The Morgan fingerprint density at radius 3 is 2.12 bits per heavy atom. The second-order valence-electron chi connectivity index (χ2n) is 9.02. The fourth-order valence-electron chi connectivity index (χ4n) is 3.18. The van der Waals surface area contributed by atoms with Crippen molar-refractivity contribution in [1.29, 1.82) is 0 Å². The quantitative estimate of drug-likeness (QED) is 0.482. The number of anilines is 2. The van der Waals surface area contributed by atoms with Crippen LogP contribution in [0.2, 0.25) is 0 Å². The van der Waals surface area contributed by atoms with E-state index in [0.717, 1.165) is 5.56 Å². The van der Waals surface area contributed by atoms with Crippen LogP contribution in [0.15, 0.2) is 77.7 Å². The number of hydrogen-bond acceptors (Lipinski definition) is 4. The maximum atomic E-state index is 12.6. The lowest BCUT2D eigenvalue weighted by Crippen LogP contribution is -2.30. The molecule has 0 bridgehead atoms. The van der Waals surface area contributed by atoms with Crippen LogP contribution in [0, 0.1) is 6.92 Å². The van der Waals surface area contributed by atoms with Gasteiger partial charge in [0.1, 0.15) is 5.75 Å². The zero-order valence-corrected chi connectivity index (χ0v) is 20.4. The highest BCUT2D eigenvalue weighted by Crippen LogP contribution is 2.25. The van der Waals surface area contributed by atoms with Crippen LogP contribution in [-0.2, 0) is 20.2 Å². The summed E-state index contributed by atoms with van der Waals surface area (Å²) in [5, 5.41) is 2.75. The predicted octanol–water partition coefficient (Wildman–Crippen LogP) is 5.50. The molecule has 0 fully saturated rings. The van der Waals surface area contributed by atoms with Gasteiger partial charge in [0.05, 0.1) is 4.90 Å². The van der Waals surface area contributed by atoms with Crippen LogP contribution >= 0.6 is 0 Å². The molecule has 0 aliphatic rings. The molecule has 0 unspecified atom stereocenters. The molecule has 0 heterocycles. The van der Waals surface area contributed by atoms with E-state index in [9.17, 15) is 13.2 Å². The van der Waals surface area contributed by atoms with Crippen molar-refractivity contribution in [3.63, 3.8) is 0 Å². The molecule has 0 saturated heterocycles. The number of carbonyl (C=O) groups is 1. The monoisotopic (exact) mass is 466 g/mol. The molecule has 0 aromatic heterocycles. The number of sulfonamides is 1. The number of hydrogen-bond donors (Lipinski definition) is 2. The molecule has 7 heteroatoms. The molecule has 3 aromatic carbocycles. The molecule has 0 saturated carbocycles. The van der Waals surface area contributed by atoms with Gasteiger partial charge in [-0.2, -0.15) is 0 Å². The van der Waals surface area contributed by atoms with Crippen LogP contribution in [-0.4, -0.2) is 20.4 Å². The molecule has 3 aromatic rings. The molecule has 1 atom stereocenters. The maximum absolute atomic E-state index is 12.6. The minimum absolute atomic E-state index is 0.0384. The molecule has 1 amide bonds. The van der Waals surface area contributed by atoms with Crippen molar-refractivity contribution in [2.45, 2.75) is 51.0 Å². The lowest BCUT2D eigenvalue weighted by molar-refractivity contribution is -0.122. The first-order valence-corrected chi connectivity index (χ1v) is 12.2. The number of nitrogens with one attached hydrogen (secondary N) is 2. The summed E-state index contributed by atoms with van der Waals surface area (Å²) in [6.07, 6.45) is -0.725. The normalized spacial score (nSPS) is 12.6. The number of ether oxygens (including phenoxy) is 1. The standard InChI is InChI=1S/C26H30N2O4S/c1-18-7-6-8-22(17-18)28-33(30,31)24-15-11-21(12-16-24)27-25(29)19(2)32-23-13-9-20(10-14-23)26(3,4)5/h6-17,19,28H,1-5H3,(H,27,29)/t19-/m1/s1. The zero-order chi connectivity index (χ0) is 24.2. The molecular weight excluding hydrogens is 436 g/mol. The summed E-state index contributed by atoms with van der Waals surface area (Å²) in [4.78, 5) is 12.6. The van der Waals surface area contributed by atoms with E-state index in [1.807, 2.05) is 37.3 Å². The Labute approximate surface area is 196 Å². The summed E-state index contributed by atoms with van der Waals surface area (Å²) in [6.45, 7) is 9.95. The van der Waals surface area contributed by atoms with Crippen LogP contribution in [0.25, 0.3) is 0 Å². The van der Waals surface area contributed by atoms with Crippen LogP contribution in [0.3, 0.4) is 0 Å². The van der Waals surface area contributed by atoms with Gasteiger partial charge < -0.3 is 10.1 Å². The Morgan fingerprint density at radius 1 is 0.909 bits per heavy atom. The summed E-state index contributed by atoms with van der Waals surface area (Å²) in [6, 6.07) is 20.8. The Morgan fingerprint density at radius 2 is 1.55 bits per heavy atom. The molecule has 0 aliphatic heterocycles. The van der Waals surface area contributed by atoms with Gasteiger partial charge in [0, 0.05) is 11.4 Å². The van der Waals surface area contributed by atoms with Crippen molar-refractivity contribution in [3.8, 4) is 5.75 Å². The first kappa shape index (κ1) is 24.3. The van der Waals surface area contributed by atoms with Crippen LogP contribution in [0.1, 0.15) is 38.8 Å². The minimum Gasteiger partial charge on any atom is -0.481 e. The molecule has 33 heavy (non-hydrogen) atoms. The molecule has 0 aliphatic carbocycles. The van der Waals surface area contributed by atoms with E-state index >= 15 is 0 Å². The first-order valence-electron chi connectivity index (χ1n) is 10.7. The minimum atomic E-state index is -3.73. The molecular formula is C26H30N2O4S. The second kappa shape index (κ2) is 9.67. The highest BCUT2D eigenvalue weighted by molar-refractivity contribution is 7.92. The van der Waals surface area contributed by atoms with Crippen molar-refractivity contribution in [1.82, 2.24) is 0 Å². The highest BCUT2D eigenvalue weighted by Gasteiger charge is 2.18. The fraction of sp³-hybridized carbons (Fsp3) is 0.269. The van der Waals surface area contributed by atoms with Crippen molar-refractivity contribution >= 4 is 27.3 Å². The van der Waals surface area contributed by atoms with Gasteiger partial charge in [-0.1, -0.05) is 45.0 Å². The third-order valence-corrected chi connectivity index (χ3v) is 6.50. The van der Waals surface area contributed by atoms with E-state index in [1.165, 1.54) is 17.7 Å². The predicted molar refractivity (Wildman–Crippen MR) is 132 cm³/mol. The van der Waals surface area contributed by atoms with Crippen LogP contribution in [0.4, 0.5) is 11.4 Å². The number of carbonyl (C=O) groups excluding carboxylic acids is 1.